The molecule has 1 aromatic carbocycles. The topological polar surface area (TPSA) is 67.1 Å². The summed E-state index contributed by atoms with van der Waals surface area (Å²) < 4.78 is 5.40. The molecular weight excluding hydrogens is 302 g/mol. The van der Waals surface area contributed by atoms with Crippen molar-refractivity contribution in [1.29, 1.82) is 0 Å². The Balaban J connectivity index is 1.54. The molecule has 4 rings (SSSR count). The summed E-state index contributed by atoms with van der Waals surface area (Å²) >= 11 is 0. The summed E-state index contributed by atoms with van der Waals surface area (Å²) in [6.07, 6.45) is 1.80. The lowest BCUT2D eigenvalue weighted by atomic mass is 10.1. The molecule has 0 aliphatic carbocycles. The average Bonchev–Trinajstić information content (AvgIpc) is 3.13. The highest BCUT2D eigenvalue weighted by Crippen LogP contribution is 2.23. The Bertz CT molecular complexity index is 804. The van der Waals surface area contributed by atoms with E-state index in [1.807, 2.05) is 36.4 Å². The van der Waals surface area contributed by atoms with E-state index in [2.05, 4.69) is 32.3 Å². The van der Waals surface area contributed by atoms with Gasteiger partial charge in [0.15, 0.2) is 0 Å². The molecule has 0 atom stereocenters. The van der Waals surface area contributed by atoms with Gasteiger partial charge in [-0.05, 0) is 19.1 Å². The number of anilines is 1. The zero-order valence-electron chi connectivity index (χ0n) is 13.6. The van der Waals surface area contributed by atoms with Crippen LogP contribution >= 0.6 is 0 Å². The molecule has 1 saturated heterocycles. The number of hydrogen-bond donors (Lipinski definition) is 1. The van der Waals surface area contributed by atoms with Crippen LogP contribution in [0.1, 0.15) is 5.56 Å². The van der Waals surface area contributed by atoms with Crippen LogP contribution in [0.5, 0.6) is 0 Å². The third-order valence-corrected chi connectivity index (χ3v) is 4.17. The van der Waals surface area contributed by atoms with E-state index < -0.39 is 0 Å². The van der Waals surface area contributed by atoms with Crippen molar-refractivity contribution in [2.75, 3.05) is 31.1 Å². The molecule has 122 valence electrons. The molecule has 0 radical (unpaired) electrons. The minimum Gasteiger partial charge on any atom is -0.354 e. The molecule has 1 aliphatic rings. The number of pyridine rings is 1. The second kappa shape index (κ2) is 6.41. The van der Waals surface area contributed by atoms with Crippen LogP contribution in [0.3, 0.4) is 0 Å². The van der Waals surface area contributed by atoms with Gasteiger partial charge in [-0.2, -0.15) is 4.98 Å². The third kappa shape index (κ3) is 3.00. The van der Waals surface area contributed by atoms with Gasteiger partial charge in [0.05, 0.1) is 5.56 Å². The lowest BCUT2D eigenvalue weighted by Crippen LogP contribution is -2.43. The molecule has 0 spiro atoms. The molecule has 1 aliphatic heterocycles. The summed E-state index contributed by atoms with van der Waals surface area (Å²) in [4.78, 5) is 11.3. The molecule has 3 aromatic rings. The molecule has 24 heavy (non-hydrogen) atoms. The lowest BCUT2D eigenvalue weighted by molar-refractivity contribution is 0.432. The standard InChI is InChI=1S/C18H19N5O/c1-13-2-4-14(5-3-13)17-21-18(24-22-17)15-6-7-16(20-12-15)23-10-8-19-9-11-23/h2-7,12,19H,8-11H2,1H3. The molecule has 2 aromatic heterocycles. The van der Waals surface area contributed by atoms with Gasteiger partial charge < -0.3 is 14.7 Å². The number of rotatable bonds is 3. The highest BCUT2D eigenvalue weighted by molar-refractivity contribution is 5.60. The first-order valence-corrected chi connectivity index (χ1v) is 8.12. The first-order valence-electron chi connectivity index (χ1n) is 8.12. The van der Waals surface area contributed by atoms with E-state index in [1.165, 1.54) is 5.56 Å². The molecule has 0 saturated carbocycles. The molecule has 0 bridgehead atoms. The number of aromatic nitrogens is 3. The van der Waals surface area contributed by atoms with Crippen LogP contribution in [0.2, 0.25) is 0 Å². The first kappa shape index (κ1) is 14.8. The minimum atomic E-state index is 0.491. The van der Waals surface area contributed by atoms with Gasteiger partial charge in [-0.15, -0.1) is 0 Å². The fourth-order valence-electron chi connectivity index (χ4n) is 2.75. The van der Waals surface area contributed by atoms with Crippen molar-refractivity contribution in [3.63, 3.8) is 0 Å². The zero-order chi connectivity index (χ0) is 16.4. The van der Waals surface area contributed by atoms with Gasteiger partial charge in [0.1, 0.15) is 5.82 Å². The molecule has 1 fully saturated rings. The summed E-state index contributed by atoms with van der Waals surface area (Å²) in [6.45, 7) is 5.99. The van der Waals surface area contributed by atoms with Gasteiger partial charge in [0.25, 0.3) is 5.89 Å². The van der Waals surface area contributed by atoms with E-state index in [4.69, 9.17) is 4.52 Å². The van der Waals surface area contributed by atoms with Crippen molar-refractivity contribution in [3.8, 4) is 22.8 Å². The highest BCUT2D eigenvalue weighted by Gasteiger charge is 2.14. The Hall–Kier alpha value is -2.73. The molecule has 0 amide bonds. The summed E-state index contributed by atoms with van der Waals surface area (Å²) in [6, 6.07) is 12.1. The summed E-state index contributed by atoms with van der Waals surface area (Å²) in [5.41, 5.74) is 2.98. The fourth-order valence-corrected chi connectivity index (χ4v) is 2.75. The molecule has 6 heteroatoms. The molecule has 0 unspecified atom stereocenters. The van der Waals surface area contributed by atoms with Gasteiger partial charge in [-0.1, -0.05) is 35.0 Å². The Morgan fingerprint density at radius 3 is 2.46 bits per heavy atom. The van der Waals surface area contributed by atoms with Gasteiger partial charge in [-0.3, -0.25) is 0 Å². The highest BCUT2D eigenvalue weighted by atomic mass is 16.5. The van der Waals surface area contributed by atoms with Crippen molar-refractivity contribution < 1.29 is 4.52 Å². The van der Waals surface area contributed by atoms with Crippen LogP contribution in [0.4, 0.5) is 5.82 Å². The van der Waals surface area contributed by atoms with Crippen molar-refractivity contribution in [2.45, 2.75) is 6.92 Å². The first-order chi connectivity index (χ1) is 11.8. The third-order valence-electron chi connectivity index (χ3n) is 4.17. The predicted molar refractivity (Wildman–Crippen MR) is 92.8 cm³/mol. The normalized spacial score (nSPS) is 14.8. The average molecular weight is 321 g/mol. The Morgan fingerprint density at radius 1 is 1.00 bits per heavy atom. The molecule has 3 heterocycles. The Labute approximate surface area is 140 Å². The van der Waals surface area contributed by atoms with Gasteiger partial charge in [0.2, 0.25) is 5.82 Å². The number of benzene rings is 1. The summed E-state index contributed by atoms with van der Waals surface area (Å²) in [5, 5.41) is 7.41. The minimum absolute atomic E-state index is 0.491. The van der Waals surface area contributed by atoms with Crippen LogP contribution in [0.25, 0.3) is 22.8 Å². The van der Waals surface area contributed by atoms with E-state index in [0.717, 1.165) is 43.1 Å². The molecular formula is C18H19N5O. The number of piperazine rings is 1. The van der Waals surface area contributed by atoms with Crippen LogP contribution in [-0.4, -0.2) is 41.3 Å². The second-order valence-corrected chi connectivity index (χ2v) is 5.93. The van der Waals surface area contributed by atoms with Gasteiger partial charge >= 0.3 is 0 Å². The maximum absolute atomic E-state index is 5.40. The largest absolute Gasteiger partial charge is 0.354 e. The van der Waals surface area contributed by atoms with Crippen LogP contribution < -0.4 is 10.2 Å². The van der Waals surface area contributed by atoms with Gasteiger partial charge in [-0.25, -0.2) is 4.98 Å². The summed E-state index contributed by atoms with van der Waals surface area (Å²) in [5.74, 6) is 2.07. The van der Waals surface area contributed by atoms with Gasteiger partial charge in [0, 0.05) is 37.9 Å². The monoisotopic (exact) mass is 321 g/mol. The van der Waals surface area contributed by atoms with Crippen molar-refractivity contribution >= 4 is 5.82 Å². The number of hydrogen-bond acceptors (Lipinski definition) is 6. The van der Waals surface area contributed by atoms with E-state index in [0.29, 0.717) is 11.7 Å². The lowest BCUT2D eigenvalue weighted by Gasteiger charge is -2.28. The van der Waals surface area contributed by atoms with Crippen molar-refractivity contribution in [2.24, 2.45) is 0 Å². The molecule has 1 N–H and O–H groups in total. The number of nitrogens with one attached hydrogen (secondary N) is 1. The summed E-state index contributed by atoms with van der Waals surface area (Å²) in [7, 11) is 0. The van der Waals surface area contributed by atoms with E-state index in [-0.39, 0.29) is 0 Å². The maximum Gasteiger partial charge on any atom is 0.259 e. The van der Waals surface area contributed by atoms with E-state index >= 15 is 0 Å². The van der Waals surface area contributed by atoms with E-state index in [1.54, 1.807) is 6.20 Å². The molecule has 6 nitrogen and oxygen atoms in total. The fraction of sp³-hybridized carbons (Fsp3) is 0.278. The zero-order valence-corrected chi connectivity index (χ0v) is 13.6. The Kier molecular flexibility index (Phi) is 3.96. The Morgan fingerprint density at radius 2 is 1.75 bits per heavy atom. The second-order valence-electron chi connectivity index (χ2n) is 5.93. The quantitative estimate of drug-likeness (QED) is 0.799. The maximum atomic E-state index is 5.40. The SMILES string of the molecule is Cc1ccc(-c2noc(-c3ccc(N4CCNCC4)nc3)n2)cc1. The predicted octanol–water partition coefficient (Wildman–Crippen LogP) is 2.52. The number of aryl methyl sites for hydroxylation is 1. The van der Waals surface area contributed by atoms with Crippen LogP contribution in [-0.2, 0) is 0 Å². The van der Waals surface area contributed by atoms with Crippen molar-refractivity contribution in [1.82, 2.24) is 20.4 Å². The van der Waals surface area contributed by atoms with E-state index in [9.17, 15) is 0 Å². The van der Waals surface area contributed by atoms with Crippen LogP contribution in [0.15, 0.2) is 47.1 Å². The number of nitrogens with zero attached hydrogens (tertiary/aromatic N) is 4. The van der Waals surface area contributed by atoms with Crippen LogP contribution in [0, 0.1) is 6.92 Å². The van der Waals surface area contributed by atoms with Crippen molar-refractivity contribution in [3.05, 3.63) is 48.2 Å². The smallest absolute Gasteiger partial charge is 0.259 e.